The quantitative estimate of drug-likeness (QED) is 0.128. The summed E-state index contributed by atoms with van der Waals surface area (Å²) in [6.45, 7) is 10.1. The van der Waals surface area contributed by atoms with E-state index in [0.717, 1.165) is 23.5 Å². The zero-order chi connectivity index (χ0) is 36.2. The number of allylic oxidation sites excluding steroid dienone is 2. The summed E-state index contributed by atoms with van der Waals surface area (Å²) in [4.78, 5) is 46.2. The molecule has 2 aliphatic rings. The van der Waals surface area contributed by atoms with E-state index >= 15 is 0 Å². The third-order valence-corrected chi connectivity index (χ3v) is 6.97. The van der Waals surface area contributed by atoms with Crippen LogP contribution < -0.4 is 9.47 Å². The second-order valence-electron chi connectivity index (χ2n) is 11.5. The molecule has 0 saturated heterocycles. The number of thioether (sulfide) groups is 2. The number of fused-ring (bicyclic) bond motifs is 2. The van der Waals surface area contributed by atoms with E-state index < -0.39 is 47.4 Å². The molecular formula is C30H26CoF6N2O8S2. The number of ketones is 2. The first kappa shape index (κ1) is 41.4. The minimum Gasteiger partial charge on any atom is -0.651 e. The number of halogens is 6. The van der Waals surface area contributed by atoms with E-state index in [1.54, 1.807) is 41.5 Å². The van der Waals surface area contributed by atoms with Gasteiger partial charge in [-0.1, -0.05) is 10.1 Å². The molecule has 0 aliphatic carbocycles. The fraction of sp³-hybridized carbons (Fsp3) is 0.333. The van der Waals surface area contributed by atoms with Crippen molar-refractivity contribution >= 4 is 58.8 Å². The van der Waals surface area contributed by atoms with Crippen LogP contribution in [0.5, 0.6) is 11.5 Å². The Hall–Kier alpha value is -3.81. The molecule has 2 aliphatic heterocycles. The van der Waals surface area contributed by atoms with Crippen molar-refractivity contribution in [1.82, 2.24) is 0 Å². The van der Waals surface area contributed by atoms with Gasteiger partial charge in [0.1, 0.15) is 22.7 Å². The predicted molar refractivity (Wildman–Crippen MR) is 163 cm³/mol. The van der Waals surface area contributed by atoms with Gasteiger partial charge in [0.25, 0.3) is 11.6 Å². The van der Waals surface area contributed by atoms with Gasteiger partial charge in [-0.3, -0.25) is 9.59 Å². The van der Waals surface area contributed by atoms with Gasteiger partial charge in [0, 0.05) is 0 Å². The van der Waals surface area contributed by atoms with E-state index in [1.807, 2.05) is 0 Å². The van der Waals surface area contributed by atoms with Crippen molar-refractivity contribution in [3.63, 3.8) is 0 Å². The summed E-state index contributed by atoms with van der Waals surface area (Å²) in [5.74, 6) is -3.69. The van der Waals surface area contributed by atoms with Crippen LogP contribution in [-0.2, 0) is 35.8 Å². The molecule has 0 aromatic heterocycles. The number of hydrogen-bond donors (Lipinski definition) is 0. The number of carbonyl (C=O) groups excluding carboxylic acids is 4. The molecular weight excluding hydrogens is 753 g/mol. The molecule has 2 aromatic carbocycles. The van der Waals surface area contributed by atoms with E-state index in [1.165, 1.54) is 36.4 Å². The summed E-state index contributed by atoms with van der Waals surface area (Å²) < 4.78 is 93.5. The first-order valence-electron chi connectivity index (χ1n) is 13.4. The largest absolute Gasteiger partial charge is 2.00 e. The minimum absolute atomic E-state index is 0. The second kappa shape index (κ2) is 15.8. The van der Waals surface area contributed by atoms with Crippen LogP contribution in [0.1, 0.15) is 41.5 Å². The minimum atomic E-state index is -4.94. The second-order valence-corrected chi connectivity index (χ2v) is 13.6. The summed E-state index contributed by atoms with van der Waals surface area (Å²) in [6, 6.07) is 8.74. The van der Waals surface area contributed by atoms with E-state index in [-0.39, 0.29) is 38.3 Å². The molecule has 0 saturated carbocycles. The molecule has 0 bridgehead atoms. The van der Waals surface area contributed by atoms with Gasteiger partial charge in [-0.2, -0.15) is 26.3 Å². The zero-order valence-electron chi connectivity index (χ0n) is 26.2. The molecule has 49 heavy (non-hydrogen) atoms. The number of hydrogen-bond acceptors (Lipinski definition) is 10. The van der Waals surface area contributed by atoms with Gasteiger partial charge < -0.3 is 29.6 Å². The van der Waals surface area contributed by atoms with Crippen molar-refractivity contribution in [3.05, 3.63) is 69.2 Å². The maximum absolute atomic E-state index is 12.3. The average Bonchev–Trinajstić information content (AvgIpc) is 3.47. The van der Waals surface area contributed by atoms with Gasteiger partial charge >= 0.3 is 41.4 Å². The Morgan fingerprint density at radius 3 is 1.22 bits per heavy atom. The summed E-state index contributed by atoms with van der Waals surface area (Å²) >= 11 is 1.84. The maximum Gasteiger partial charge on any atom is 2.00 e. The molecule has 0 fully saturated rings. The summed E-state index contributed by atoms with van der Waals surface area (Å²) in [6.07, 6.45) is -10.8. The summed E-state index contributed by atoms with van der Waals surface area (Å²) in [5, 5.41) is 7.67. The van der Waals surface area contributed by atoms with E-state index in [0.29, 0.717) is 33.3 Å². The number of benzene rings is 2. The van der Waals surface area contributed by atoms with Gasteiger partial charge in [0.15, 0.2) is 0 Å². The van der Waals surface area contributed by atoms with Crippen LogP contribution in [0.4, 0.5) is 47.3 Å². The van der Waals surface area contributed by atoms with Crippen molar-refractivity contribution in [2.75, 3.05) is 0 Å². The smallest absolute Gasteiger partial charge is 0.651 e. The standard InChI is InChI=1S/2C15H14F3NO4S.Co/c2*1-14(2,3)23-13(21)22-8-4-5-10-9(6-8)19-12(24-10)7-11(20)15(16,17)18;/h2*4-7H,1-3H3,(H,19,20);/q;;+2/p-2. The Balaban J connectivity index is 0.000000333. The van der Waals surface area contributed by atoms with Crippen LogP contribution in [0.2, 0.25) is 0 Å². The SMILES string of the molecule is CC(C)(C)OC(=O)Oc1ccc2c(c1)[N-]/C(=C\C(=O)C(F)(F)F)S2.CC(C)(C)OC(=O)Oc1ccc2c(c1)[N-]/C(=C\C(=O)C(F)(F)F)S2.[Co+2]. The van der Waals surface area contributed by atoms with Crippen LogP contribution >= 0.6 is 23.5 Å². The Morgan fingerprint density at radius 2 is 0.939 bits per heavy atom. The zero-order valence-corrected chi connectivity index (χ0v) is 28.9. The molecule has 2 aromatic rings. The summed E-state index contributed by atoms with van der Waals surface area (Å²) in [7, 11) is 0. The van der Waals surface area contributed by atoms with Gasteiger partial charge in [0.05, 0.1) is 0 Å². The van der Waals surface area contributed by atoms with Crippen molar-refractivity contribution < 1.29 is 81.2 Å². The van der Waals surface area contributed by atoms with Crippen LogP contribution in [0.25, 0.3) is 10.6 Å². The fourth-order valence-corrected chi connectivity index (χ4v) is 4.98. The molecule has 19 heteroatoms. The molecule has 267 valence electrons. The van der Waals surface area contributed by atoms with Crippen LogP contribution in [0.3, 0.4) is 0 Å². The molecule has 0 spiro atoms. The number of carbonyl (C=O) groups is 4. The molecule has 0 N–H and O–H groups in total. The third-order valence-electron chi connectivity index (χ3n) is 5.00. The number of alkyl halides is 6. The van der Waals surface area contributed by atoms with Crippen LogP contribution in [-0.4, -0.2) is 47.4 Å². The Labute approximate surface area is 294 Å². The first-order valence-corrected chi connectivity index (χ1v) is 15.1. The van der Waals surface area contributed by atoms with Crippen molar-refractivity contribution in [2.45, 2.75) is 74.9 Å². The fourth-order valence-electron chi connectivity index (χ4n) is 3.22. The van der Waals surface area contributed by atoms with E-state index in [4.69, 9.17) is 18.9 Å². The molecule has 0 atom stereocenters. The molecule has 2 heterocycles. The number of nitrogens with zero attached hydrogens (tertiary/aromatic N) is 2. The monoisotopic (exact) mass is 779 g/mol. The topological polar surface area (TPSA) is 133 Å². The molecule has 1 radical (unpaired) electrons. The number of ether oxygens (including phenoxy) is 4. The van der Waals surface area contributed by atoms with E-state index in [9.17, 15) is 45.5 Å². The van der Waals surface area contributed by atoms with Crippen LogP contribution in [0.15, 0.2) is 68.4 Å². The molecule has 0 unspecified atom stereocenters. The Kier molecular flexibility index (Phi) is 13.3. The number of rotatable bonds is 4. The van der Waals surface area contributed by atoms with E-state index in [2.05, 4.69) is 10.6 Å². The van der Waals surface area contributed by atoms with Crippen molar-refractivity contribution in [1.29, 1.82) is 0 Å². The normalized spacial score (nSPS) is 15.3. The van der Waals surface area contributed by atoms with Gasteiger partial charge in [0.2, 0.25) is 0 Å². The Morgan fingerprint density at radius 1 is 0.612 bits per heavy atom. The van der Waals surface area contributed by atoms with Gasteiger partial charge in [-0.15, -0.1) is 34.9 Å². The molecule has 0 amide bonds. The predicted octanol–water partition coefficient (Wildman–Crippen LogP) is 10.2. The van der Waals surface area contributed by atoms with Crippen LogP contribution in [0, 0.1) is 0 Å². The van der Waals surface area contributed by atoms with Crippen molar-refractivity contribution in [2.24, 2.45) is 0 Å². The Bertz CT molecular complexity index is 1540. The third kappa shape index (κ3) is 13.5. The average molecular weight is 780 g/mol. The first-order chi connectivity index (χ1) is 21.9. The summed E-state index contributed by atoms with van der Waals surface area (Å²) in [5.41, 5.74) is -0.825. The van der Waals surface area contributed by atoms with Gasteiger partial charge in [-0.05, 0) is 99.9 Å². The molecule has 10 nitrogen and oxygen atoms in total. The maximum atomic E-state index is 12.3. The van der Waals surface area contributed by atoms with Crippen molar-refractivity contribution in [3.8, 4) is 11.5 Å². The molecule has 4 rings (SSSR count). The van der Waals surface area contributed by atoms with Gasteiger partial charge in [-0.25, -0.2) is 9.59 Å².